The van der Waals surface area contributed by atoms with Crippen LogP contribution in [0.2, 0.25) is 0 Å². The molecule has 0 aromatic carbocycles. The van der Waals surface area contributed by atoms with E-state index >= 15 is 0 Å². The van der Waals surface area contributed by atoms with Gasteiger partial charge in [-0.1, -0.05) is 13.8 Å². The third-order valence-electron chi connectivity index (χ3n) is 2.88. The van der Waals surface area contributed by atoms with Gasteiger partial charge in [-0.05, 0) is 28.3 Å². The Labute approximate surface area is 109 Å². The van der Waals surface area contributed by atoms with Gasteiger partial charge < -0.3 is 0 Å². The lowest BCUT2D eigenvalue weighted by Gasteiger charge is -2.31. The highest BCUT2D eigenvalue weighted by atomic mass is 32.1. The van der Waals surface area contributed by atoms with E-state index in [1.807, 2.05) is 16.8 Å². The lowest BCUT2D eigenvalue weighted by atomic mass is 9.92. The van der Waals surface area contributed by atoms with Crippen LogP contribution >= 0.6 is 11.3 Å². The van der Waals surface area contributed by atoms with Crippen molar-refractivity contribution in [3.8, 4) is 0 Å². The maximum Gasteiger partial charge on any atom is 0.331 e. The van der Waals surface area contributed by atoms with Crippen LogP contribution in [0.5, 0.6) is 0 Å². The zero-order chi connectivity index (χ0) is 13.3. The molecule has 2 rings (SSSR count). The third kappa shape index (κ3) is 2.28. The maximum absolute atomic E-state index is 12.2. The number of thiophene rings is 1. The number of rotatable bonds is 3. The van der Waals surface area contributed by atoms with Crippen LogP contribution in [-0.2, 0) is 16.1 Å². The molecule has 6 heteroatoms. The van der Waals surface area contributed by atoms with Gasteiger partial charge in [0.15, 0.2) is 0 Å². The predicted octanol–water partition coefficient (Wildman–Crippen LogP) is 1.60. The van der Waals surface area contributed by atoms with Crippen molar-refractivity contribution in [3.63, 3.8) is 0 Å². The van der Waals surface area contributed by atoms with E-state index in [1.54, 1.807) is 13.8 Å². The molecular formula is C12H14N2O3S. The van der Waals surface area contributed by atoms with Crippen LogP contribution in [0.1, 0.15) is 19.4 Å². The highest BCUT2D eigenvalue weighted by molar-refractivity contribution is 7.07. The molecule has 1 aromatic rings. The number of nitrogens with zero attached hydrogens (tertiary/aromatic N) is 1. The minimum atomic E-state index is -0.777. The van der Waals surface area contributed by atoms with Crippen LogP contribution in [0.15, 0.2) is 16.8 Å². The minimum Gasteiger partial charge on any atom is -0.277 e. The fourth-order valence-electron chi connectivity index (χ4n) is 1.93. The van der Waals surface area contributed by atoms with E-state index in [0.29, 0.717) is 0 Å². The molecule has 1 atom stereocenters. The van der Waals surface area contributed by atoms with Crippen molar-refractivity contribution < 1.29 is 14.4 Å². The van der Waals surface area contributed by atoms with Gasteiger partial charge in [0, 0.05) is 0 Å². The molecule has 96 valence electrons. The van der Waals surface area contributed by atoms with Gasteiger partial charge in [-0.25, -0.2) is 4.79 Å². The highest BCUT2D eigenvalue weighted by Gasteiger charge is 2.41. The predicted molar refractivity (Wildman–Crippen MR) is 66.7 cm³/mol. The smallest absolute Gasteiger partial charge is 0.277 e. The fourth-order valence-corrected chi connectivity index (χ4v) is 2.59. The molecule has 4 amide bonds. The summed E-state index contributed by atoms with van der Waals surface area (Å²) in [7, 11) is 0. The van der Waals surface area contributed by atoms with E-state index in [1.165, 1.54) is 11.3 Å². The Kier molecular flexibility index (Phi) is 3.47. The zero-order valence-corrected chi connectivity index (χ0v) is 11.0. The normalized spacial score (nSPS) is 20.5. The average Bonchev–Trinajstić information content (AvgIpc) is 2.75. The molecule has 1 unspecified atom stereocenters. The van der Waals surface area contributed by atoms with Crippen molar-refractivity contribution in [3.05, 3.63) is 22.4 Å². The van der Waals surface area contributed by atoms with Gasteiger partial charge >= 0.3 is 6.03 Å². The van der Waals surface area contributed by atoms with E-state index in [9.17, 15) is 14.4 Å². The van der Waals surface area contributed by atoms with Gasteiger partial charge in [0.25, 0.3) is 0 Å². The SMILES string of the molecule is CC(C)C1C(=O)NC(=O)N(Cc2ccsc2)C1=O. The fraction of sp³-hybridized carbons (Fsp3) is 0.417. The number of amides is 4. The Bertz CT molecular complexity index is 482. The second-order valence-electron chi connectivity index (χ2n) is 4.57. The maximum atomic E-state index is 12.2. The van der Waals surface area contributed by atoms with Gasteiger partial charge in [-0.3, -0.25) is 19.8 Å². The van der Waals surface area contributed by atoms with Gasteiger partial charge in [-0.15, -0.1) is 0 Å². The second-order valence-corrected chi connectivity index (χ2v) is 5.35. The first-order chi connectivity index (χ1) is 8.50. The van der Waals surface area contributed by atoms with Gasteiger partial charge in [-0.2, -0.15) is 11.3 Å². The van der Waals surface area contributed by atoms with Crippen molar-refractivity contribution in [1.82, 2.24) is 10.2 Å². The summed E-state index contributed by atoms with van der Waals surface area (Å²) in [6.45, 7) is 3.80. The van der Waals surface area contributed by atoms with Gasteiger partial charge in [0.2, 0.25) is 11.8 Å². The lowest BCUT2D eigenvalue weighted by molar-refractivity contribution is -0.144. The summed E-state index contributed by atoms with van der Waals surface area (Å²) in [5.41, 5.74) is 0.889. The number of imide groups is 2. The Morgan fingerprint density at radius 3 is 2.67 bits per heavy atom. The molecule has 1 saturated heterocycles. The minimum absolute atomic E-state index is 0.129. The molecule has 5 nitrogen and oxygen atoms in total. The molecular weight excluding hydrogens is 252 g/mol. The second kappa shape index (κ2) is 4.89. The average molecular weight is 266 g/mol. The monoisotopic (exact) mass is 266 g/mol. The molecule has 0 radical (unpaired) electrons. The largest absolute Gasteiger partial charge is 0.331 e. The van der Waals surface area contributed by atoms with Crippen LogP contribution in [0.4, 0.5) is 4.79 Å². The highest BCUT2D eigenvalue weighted by Crippen LogP contribution is 2.21. The topological polar surface area (TPSA) is 66.5 Å². The van der Waals surface area contributed by atoms with E-state index in [0.717, 1.165) is 10.5 Å². The Morgan fingerprint density at radius 2 is 2.11 bits per heavy atom. The summed E-state index contributed by atoms with van der Waals surface area (Å²) in [6.07, 6.45) is 0. The van der Waals surface area contributed by atoms with Crippen LogP contribution in [0.3, 0.4) is 0 Å². The Morgan fingerprint density at radius 1 is 1.39 bits per heavy atom. The number of hydrogen-bond donors (Lipinski definition) is 1. The van der Waals surface area contributed by atoms with Crippen LogP contribution < -0.4 is 5.32 Å². The molecule has 1 fully saturated rings. The molecule has 1 aliphatic heterocycles. The summed E-state index contributed by atoms with van der Waals surface area (Å²) in [5.74, 6) is -1.82. The summed E-state index contributed by atoms with van der Waals surface area (Å²) < 4.78 is 0. The number of carbonyl (C=O) groups excluding carboxylic acids is 3. The van der Waals surface area contributed by atoms with Crippen molar-refractivity contribution in [2.45, 2.75) is 20.4 Å². The number of hydrogen-bond acceptors (Lipinski definition) is 4. The van der Waals surface area contributed by atoms with Crippen molar-refractivity contribution in [1.29, 1.82) is 0 Å². The number of urea groups is 1. The van der Waals surface area contributed by atoms with Crippen LogP contribution in [0.25, 0.3) is 0 Å². The Hall–Kier alpha value is -1.69. The molecule has 1 aliphatic rings. The van der Waals surface area contributed by atoms with Gasteiger partial charge in [0.1, 0.15) is 5.92 Å². The summed E-state index contributed by atoms with van der Waals surface area (Å²) >= 11 is 1.50. The first kappa shape index (κ1) is 12.8. The number of carbonyl (C=O) groups is 3. The van der Waals surface area contributed by atoms with Crippen LogP contribution in [0, 0.1) is 11.8 Å². The number of barbiturate groups is 1. The molecule has 1 N–H and O–H groups in total. The Balaban J connectivity index is 2.21. The van der Waals surface area contributed by atoms with Crippen LogP contribution in [-0.4, -0.2) is 22.7 Å². The molecule has 0 saturated carbocycles. The van der Waals surface area contributed by atoms with E-state index in [4.69, 9.17) is 0 Å². The van der Waals surface area contributed by atoms with E-state index < -0.39 is 23.8 Å². The van der Waals surface area contributed by atoms with Crippen molar-refractivity contribution in [2.24, 2.45) is 11.8 Å². The standard InChI is InChI=1S/C12H14N2O3S/c1-7(2)9-10(15)13-12(17)14(11(9)16)5-8-3-4-18-6-8/h3-4,6-7,9H,5H2,1-2H3,(H,13,15,17). The molecule has 2 heterocycles. The molecule has 0 aliphatic carbocycles. The lowest BCUT2D eigenvalue weighted by Crippen LogP contribution is -2.58. The molecule has 1 aromatic heterocycles. The van der Waals surface area contributed by atoms with E-state index in [2.05, 4.69) is 5.32 Å². The first-order valence-corrected chi connectivity index (χ1v) is 6.62. The quantitative estimate of drug-likeness (QED) is 0.845. The number of nitrogens with one attached hydrogen (secondary N) is 1. The molecule has 0 spiro atoms. The molecule has 18 heavy (non-hydrogen) atoms. The van der Waals surface area contributed by atoms with Crippen molar-refractivity contribution >= 4 is 29.2 Å². The third-order valence-corrected chi connectivity index (χ3v) is 3.61. The molecule has 0 bridgehead atoms. The van der Waals surface area contributed by atoms with Gasteiger partial charge in [0.05, 0.1) is 6.54 Å². The summed E-state index contributed by atoms with van der Waals surface area (Å²) in [6, 6.07) is 1.22. The zero-order valence-electron chi connectivity index (χ0n) is 10.2. The van der Waals surface area contributed by atoms with E-state index in [-0.39, 0.29) is 12.5 Å². The first-order valence-electron chi connectivity index (χ1n) is 5.68. The van der Waals surface area contributed by atoms with Crippen molar-refractivity contribution in [2.75, 3.05) is 0 Å². The summed E-state index contributed by atoms with van der Waals surface area (Å²) in [5, 5.41) is 5.99. The summed E-state index contributed by atoms with van der Waals surface area (Å²) in [4.78, 5) is 36.6.